The van der Waals surface area contributed by atoms with Crippen molar-refractivity contribution in [1.82, 2.24) is 9.80 Å². The Hall–Kier alpha value is -2.94. The Kier molecular flexibility index (Phi) is 4.38. The summed E-state index contributed by atoms with van der Waals surface area (Å²) in [5.41, 5.74) is 1.06. The van der Waals surface area contributed by atoms with Crippen LogP contribution in [0.25, 0.3) is 0 Å². The molecule has 0 saturated carbocycles. The van der Waals surface area contributed by atoms with Gasteiger partial charge in [-0.15, -0.1) is 0 Å². The first kappa shape index (κ1) is 19.4. The number of hydrogen-bond acceptors (Lipinski definition) is 5. The summed E-state index contributed by atoms with van der Waals surface area (Å²) in [4.78, 5) is 56.3. The lowest BCUT2D eigenvalue weighted by Crippen LogP contribution is -3.14. The van der Waals surface area contributed by atoms with Gasteiger partial charge in [-0.3, -0.25) is 24.2 Å². The zero-order valence-corrected chi connectivity index (χ0v) is 17.1. The zero-order chi connectivity index (χ0) is 21.1. The third kappa shape index (κ3) is 2.71. The highest BCUT2D eigenvalue weighted by molar-refractivity contribution is 6.20. The normalized spacial score (nSPS) is 25.8. The number of barbiturate groups is 1. The number of likely N-dealkylation sites (N-methyl/N-ethyl adjacent to an activating group) is 1. The molecule has 1 aromatic carbocycles. The molecule has 0 aliphatic carbocycles. The highest BCUT2D eigenvalue weighted by atomic mass is 16.2. The van der Waals surface area contributed by atoms with Gasteiger partial charge in [-0.25, -0.2) is 4.79 Å². The number of nitrogens with one attached hydrogen (secondary N) is 2. The van der Waals surface area contributed by atoms with Crippen LogP contribution in [0.4, 0.5) is 16.2 Å². The van der Waals surface area contributed by atoms with Gasteiger partial charge in [0.1, 0.15) is 6.04 Å². The molecule has 0 radical (unpaired) electrons. The summed E-state index contributed by atoms with van der Waals surface area (Å²) in [6.07, 6.45) is 0.198. The summed E-state index contributed by atoms with van der Waals surface area (Å²) >= 11 is 0. The number of hydrogen-bond donors (Lipinski definition) is 2. The van der Waals surface area contributed by atoms with E-state index in [1.807, 2.05) is 18.2 Å². The first-order valence-electron chi connectivity index (χ1n) is 9.75. The molecule has 2 saturated heterocycles. The SMILES string of the molecule is CC(=O)Nc1ccc2c(c1)CC1(C(=O)N(C)C(=O)N(C)C1=O)[C@@H]1C[NH+](C)CCN21. The van der Waals surface area contributed by atoms with Gasteiger partial charge in [-0.1, -0.05) is 0 Å². The number of piperazine rings is 1. The van der Waals surface area contributed by atoms with E-state index >= 15 is 0 Å². The fourth-order valence-corrected chi connectivity index (χ4v) is 4.97. The van der Waals surface area contributed by atoms with Crippen molar-refractivity contribution in [3.05, 3.63) is 23.8 Å². The van der Waals surface area contributed by atoms with E-state index in [-0.39, 0.29) is 18.4 Å². The van der Waals surface area contributed by atoms with E-state index < -0.39 is 23.3 Å². The first-order chi connectivity index (χ1) is 13.7. The van der Waals surface area contributed by atoms with E-state index in [0.29, 0.717) is 18.8 Å². The molecule has 2 atom stereocenters. The number of imide groups is 2. The zero-order valence-electron chi connectivity index (χ0n) is 17.1. The van der Waals surface area contributed by atoms with Gasteiger partial charge in [0.05, 0.1) is 26.7 Å². The van der Waals surface area contributed by atoms with Crippen molar-refractivity contribution in [1.29, 1.82) is 0 Å². The van der Waals surface area contributed by atoms with Crippen molar-refractivity contribution >= 4 is 35.1 Å². The minimum atomic E-state index is -1.36. The fraction of sp³-hybridized carbons (Fsp3) is 0.500. The molecule has 3 heterocycles. The monoisotopic (exact) mass is 400 g/mol. The number of carbonyl (C=O) groups excluding carboxylic acids is 4. The minimum Gasteiger partial charge on any atom is -0.355 e. The molecule has 1 aromatic rings. The van der Waals surface area contributed by atoms with Gasteiger partial charge in [0, 0.05) is 38.8 Å². The molecule has 2 N–H and O–H groups in total. The smallest absolute Gasteiger partial charge is 0.332 e. The summed E-state index contributed by atoms with van der Waals surface area (Å²) in [5.74, 6) is -1.09. The van der Waals surface area contributed by atoms with Gasteiger partial charge in [0.2, 0.25) is 17.7 Å². The lowest BCUT2D eigenvalue weighted by molar-refractivity contribution is -0.883. The number of quaternary nitrogens is 1. The van der Waals surface area contributed by atoms with E-state index in [1.54, 1.807) is 0 Å². The van der Waals surface area contributed by atoms with Crippen molar-refractivity contribution in [3.8, 4) is 0 Å². The summed E-state index contributed by atoms with van der Waals surface area (Å²) in [6.45, 7) is 3.64. The molecule has 154 valence electrons. The molecule has 1 spiro atoms. The summed E-state index contributed by atoms with van der Waals surface area (Å²) in [6, 6.07) is 4.67. The second-order valence-corrected chi connectivity index (χ2v) is 8.30. The molecule has 5 amide bonds. The number of fused-ring (bicyclic) bond motifs is 4. The molecule has 29 heavy (non-hydrogen) atoms. The molecule has 2 fully saturated rings. The van der Waals surface area contributed by atoms with Gasteiger partial charge >= 0.3 is 6.03 Å². The third-order valence-corrected chi connectivity index (χ3v) is 6.39. The van der Waals surface area contributed by atoms with Crippen molar-refractivity contribution in [2.45, 2.75) is 19.4 Å². The largest absolute Gasteiger partial charge is 0.355 e. The second-order valence-electron chi connectivity index (χ2n) is 8.30. The highest BCUT2D eigenvalue weighted by Gasteiger charge is 2.64. The number of nitrogens with zero attached hydrogens (tertiary/aromatic N) is 3. The Labute approximate surface area is 169 Å². The second kappa shape index (κ2) is 6.55. The van der Waals surface area contributed by atoms with Crippen LogP contribution in [0.1, 0.15) is 12.5 Å². The predicted molar refractivity (Wildman–Crippen MR) is 106 cm³/mol. The lowest BCUT2D eigenvalue weighted by Gasteiger charge is -2.54. The van der Waals surface area contributed by atoms with Crippen molar-refractivity contribution in [2.75, 3.05) is 51.0 Å². The van der Waals surface area contributed by atoms with Crippen LogP contribution >= 0.6 is 0 Å². The topological polar surface area (TPSA) is 94.5 Å². The molecule has 1 unspecified atom stereocenters. The van der Waals surface area contributed by atoms with Crippen LogP contribution in [0.15, 0.2) is 18.2 Å². The molecule has 0 aromatic heterocycles. The van der Waals surface area contributed by atoms with Crippen LogP contribution in [0.2, 0.25) is 0 Å². The molecular formula is C20H26N5O4+. The van der Waals surface area contributed by atoms with Crippen molar-refractivity contribution in [2.24, 2.45) is 5.41 Å². The number of amides is 5. The average Bonchev–Trinajstić information content (AvgIpc) is 2.68. The Balaban J connectivity index is 1.88. The van der Waals surface area contributed by atoms with Gasteiger partial charge in [-0.2, -0.15) is 0 Å². The van der Waals surface area contributed by atoms with Gasteiger partial charge in [0.25, 0.3) is 0 Å². The standard InChI is InChI=1S/C20H25N5O4/c1-12(26)21-14-5-6-15-13(9-14)10-20(16-11-22(2)7-8-25(15)16)17(27)23(3)19(29)24(4)18(20)28/h5-6,9,16H,7-8,10-11H2,1-4H3,(H,21,26)/p+1/t16-/m0/s1. The Morgan fingerprint density at radius 2 is 1.83 bits per heavy atom. The third-order valence-electron chi connectivity index (χ3n) is 6.39. The fourth-order valence-electron chi connectivity index (χ4n) is 4.97. The van der Waals surface area contributed by atoms with Crippen LogP contribution in [-0.2, 0) is 20.8 Å². The van der Waals surface area contributed by atoms with Crippen LogP contribution in [0.5, 0.6) is 0 Å². The van der Waals surface area contributed by atoms with E-state index in [1.165, 1.54) is 25.9 Å². The van der Waals surface area contributed by atoms with Gasteiger partial charge in [-0.05, 0) is 23.8 Å². The summed E-state index contributed by atoms with van der Waals surface area (Å²) in [7, 11) is 4.92. The van der Waals surface area contributed by atoms with Crippen LogP contribution in [-0.4, -0.2) is 80.4 Å². The molecule has 9 nitrogen and oxygen atoms in total. The van der Waals surface area contributed by atoms with E-state index in [0.717, 1.165) is 27.6 Å². The van der Waals surface area contributed by atoms with E-state index in [4.69, 9.17) is 0 Å². The number of benzene rings is 1. The van der Waals surface area contributed by atoms with Gasteiger partial charge < -0.3 is 15.1 Å². The molecule has 4 rings (SSSR count). The molecule has 3 aliphatic heterocycles. The molecular weight excluding hydrogens is 374 g/mol. The van der Waals surface area contributed by atoms with E-state index in [2.05, 4.69) is 17.3 Å². The molecule has 0 bridgehead atoms. The number of carbonyl (C=O) groups is 4. The Morgan fingerprint density at radius 3 is 2.45 bits per heavy atom. The average molecular weight is 400 g/mol. The van der Waals surface area contributed by atoms with Crippen LogP contribution in [0, 0.1) is 5.41 Å². The Bertz CT molecular complexity index is 905. The lowest BCUT2D eigenvalue weighted by atomic mass is 9.67. The quantitative estimate of drug-likeness (QED) is 0.586. The summed E-state index contributed by atoms with van der Waals surface area (Å²) < 4.78 is 0. The van der Waals surface area contributed by atoms with Crippen molar-refractivity contribution in [3.63, 3.8) is 0 Å². The van der Waals surface area contributed by atoms with Gasteiger partial charge in [0.15, 0.2) is 5.41 Å². The van der Waals surface area contributed by atoms with Crippen molar-refractivity contribution < 1.29 is 24.1 Å². The maximum absolute atomic E-state index is 13.5. The minimum absolute atomic E-state index is 0.188. The highest BCUT2D eigenvalue weighted by Crippen LogP contribution is 2.46. The molecule has 3 aliphatic rings. The number of urea groups is 1. The molecule has 9 heteroatoms. The number of anilines is 2. The van der Waals surface area contributed by atoms with E-state index in [9.17, 15) is 19.2 Å². The van der Waals surface area contributed by atoms with Crippen LogP contribution in [0.3, 0.4) is 0 Å². The Morgan fingerprint density at radius 1 is 1.17 bits per heavy atom. The number of rotatable bonds is 1. The maximum Gasteiger partial charge on any atom is 0.332 e. The first-order valence-corrected chi connectivity index (χ1v) is 9.75. The van der Waals surface area contributed by atoms with Crippen LogP contribution < -0.4 is 15.1 Å². The maximum atomic E-state index is 13.5. The summed E-state index contributed by atoms with van der Waals surface area (Å²) in [5, 5.41) is 2.77. The predicted octanol–water partition coefficient (Wildman–Crippen LogP) is -1.06.